The van der Waals surface area contributed by atoms with E-state index in [0.29, 0.717) is 29.5 Å². The molecule has 0 aliphatic carbocycles. The van der Waals surface area contributed by atoms with Gasteiger partial charge in [0.1, 0.15) is 0 Å². The number of benzene rings is 2. The minimum absolute atomic E-state index is 0.0283. The van der Waals surface area contributed by atoms with Crippen LogP contribution in [0.3, 0.4) is 0 Å². The van der Waals surface area contributed by atoms with Gasteiger partial charge in [-0.2, -0.15) is 18.4 Å². The van der Waals surface area contributed by atoms with Gasteiger partial charge >= 0.3 is 6.18 Å². The van der Waals surface area contributed by atoms with E-state index in [1.54, 1.807) is 35.6 Å². The van der Waals surface area contributed by atoms with Crippen molar-refractivity contribution in [3.05, 3.63) is 89.0 Å². The lowest BCUT2D eigenvalue weighted by Gasteiger charge is -2.33. The highest BCUT2D eigenvalue weighted by atomic mass is 32.1. The fourth-order valence-corrected chi connectivity index (χ4v) is 4.91. The van der Waals surface area contributed by atoms with Gasteiger partial charge in [0.2, 0.25) is 5.91 Å². The normalized spacial score (nSPS) is 12.2. The average Bonchev–Trinajstić information content (AvgIpc) is 3.40. The first kappa shape index (κ1) is 34.5. The first-order valence-corrected chi connectivity index (χ1v) is 14.9. The third-order valence-electron chi connectivity index (χ3n) is 7.17. The fraction of sp³-hybridized carbons (Fsp3) is 0.438. The Morgan fingerprint density at radius 2 is 1.84 bits per heavy atom. The molecule has 0 unspecified atom stereocenters. The van der Waals surface area contributed by atoms with E-state index in [0.717, 1.165) is 24.6 Å². The van der Waals surface area contributed by atoms with Crippen LogP contribution in [0.15, 0.2) is 61.1 Å². The van der Waals surface area contributed by atoms with Crippen molar-refractivity contribution in [2.45, 2.75) is 52.0 Å². The summed E-state index contributed by atoms with van der Waals surface area (Å²) in [7, 11) is 3.93. The quantitative estimate of drug-likeness (QED) is 0.196. The molecule has 0 spiro atoms. The maximum atomic E-state index is 13.8. The largest absolute Gasteiger partial charge is 0.416 e. The van der Waals surface area contributed by atoms with Gasteiger partial charge in [-0.1, -0.05) is 44.2 Å². The summed E-state index contributed by atoms with van der Waals surface area (Å²) < 4.78 is 43.3. The van der Waals surface area contributed by atoms with Gasteiger partial charge in [-0.15, -0.1) is 0 Å². The number of alkyl halides is 3. The number of hydrogen-bond acceptors (Lipinski definition) is 5. The van der Waals surface area contributed by atoms with Crippen molar-refractivity contribution in [3.63, 3.8) is 0 Å². The molecule has 1 atom stereocenters. The number of hydrogen-bond donors (Lipinski definition) is 2. The highest BCUT2D eigenvalue weighted by Gasteiger charge is 2.34. The molecule has 236 valence electrons. The number of carbonyl (C=O) groups excluding carboxylic acids is 1. The first-order chi connectivity index (χ1) is 20.9. The molecule has 8 nitrogen and oxygen atoms in total. The van der Waals surface area contributed by atoms with E-state index >= 15 is 0 Å². The summed E-state index contributed by atoms with van der Waals surface area (Å²) in [6.07, 6.45) is -0.332. The Labute approximate surface area is 262 Å². The van der Waals surface area contributed by atoms with Crippen LogP contribution in [0.25, 0.3) is 0 Å². The molecule has 2 aromatic carbocycles. The highest BCUT2D eigenvalue weighted by molar-refractivity contribution is 7.80. The Morgan fingerprint density at radius 1 is 1.14 bits per heavy atom. The Morgan fingerprint density at radius 3 is 2.48 bits per heavy atom. The van der Waals surface area contributed by atoms with Crippen molar-refractivity contribution in [2.24, 2.45) is 5.92 Å². The number of halogens is 3. The molecule has 44 heavy (non-hydrogen) atoms. The lowest BCUT2D eigenvalue weighted by Crippen LogP contribution is -2.51. The number of amides is 1. The Hall–Kier alpha value is -3.95. The standard InChI is InChI=1S/C32H40F3N7OS/c1-23(2)29(39-30(43)16-27-18-37-22-42(27)19-25-12-10-24(17-36)11-13-25)21-41(31(44)38-14-7-15-40(3)4)20-26-8-5-6-9-28(26)32(33,34)35/h5-6,8-13,18,22-23,29H,7,14-16,19-21H2,1-4H3,(H,38,44)(H,39,43)/t29-/m1/s1. The van der Waals surface area contributed by atoms with E-state index in [2.05, 4.69) is 21.7 Å². The fourth-order valence-electron chi connectivity index (χ4n) is 4.66. The van der Waals surface area contributed by atoms with Gasteiger partial charge in [0, 0.05) is 44.1 Å². The Bertz CT molecular complexity index is 1410. The summed E-state index contributed by atoms with van der Waals surface area (Å²) >= 11 is 5.68. The van der Waals surface area contributed by atoms with Crippen LogP contribution in [0, 0.1) is 17.2 Å². The second-order valence-electron chi connectivity index (χ2n) is 11.3. The second-order valence-corrected chi connectivity index (χ2v) is 11.7. The van der Waals surface area contributed by atoms with Crippen molar-refractivity contribution in [3.8, 4) is 6.07 Å². The summed E-state index contributed by atoms with van der Waals surface area (Å²) in [6, 6.07) is 14.4. The van der Waals surface area contributed by atoms with E-state index in [1.165, 1.54) is 12.1 Å². The minimum Gasteiger partial charge on any atom is -0.363 e. The molecule has 1 heterocycles. The van der Waals surface area contributed by atoms with Crippen LogP contribution in [0.4, 0.5) is 13.2 Å². The van der Waals surface area contributed by atoms with Crippen LogP contribution in [-0.2, 0) is 30.5 Å². The van der Waals surface area contributed by atoms with Gasteiger partial charge in [0.15, 0.2) is 5.11 Å². The summed E-state index contributed by atoms with van der Waals surface area (Å²) in [5.74, 6) is -0.259. The van der Waals surface area contributed by atoms with Gasteiger partial charge in [0.05, 0.1) is 29.9 Å². The average molecular weight is 628 g/mol. The molecule has 12 heteroatoms. The molecule has 0 fully saturated rings. The SMILES string of the molecule is CC(C)[C@@H](CN(Cc1ccccc1C(F)(F)F)C(=S)NCCCN(C)C)NC(=O)Cc1cncn1Cc1ccc(C#N)cc1. The zero-order valence-electron chi connectivity index (χ0n) is 25.6. The van der Waals surface area contributed by atoms with E-state index in [1.807, 2.05) is 49.5 Å². The van der Waals surface area contributed by atoms with Crippen LogP contribution in [0.1, 0.15) is 48.2 Å². The lowest BCUT2D eigenvalue weighted by molar-refractivity contribution is -0.138. The number of aromatic nitrogens is 2. The number of thiocarbonyl (C=S) groups is 1. The van der Waals surface area contributed by atoms with Crippen LogP contribution >= 0.6 is 12.2 Å². The summed E-state index contributed by atoms with van der Waals surface area (Å²) in [5.41, 5.74) is 1.64. The van der Waals surface area contributed by atoms with Crippen molar-refractivity contribution < 1.29 is 18.0 Å². The van der Waals surface area contributed by atoms with Crippen LogP contribution in [0.2, 0.25) is 0 Å². The van der Waals surface area contributed by atoms with Crippen molar-refractivity contribution in [2.75, 3.05) is 33.7 Å². The molecular weight excluding hydrogens is 587 g/mol. The number of nitriles is 1. The number of carbonyl (C=O) groups is 1. The zero-order valence-corrected chi connectivity index (χ0v) is 26.4. The molecule has 3 rings (SSSR count). The smallest absolute Gasteiger partial charge is 0.363 e. The van der Waals surface area contributed by atoms with Crippen LogP contribution < -0.4 is 10.6 Å². The van der Waals surface area contributed by atoms with Gasteiger partial charge in [-0.25, -0.2) is 4.98 Å². The summed E-state index contributed by atoms with van der Waals surface area (Å²) in [6.45, 7) is 5.95. The molecule has 0 aliphatic rings. The minimum atomic E-state index is -4.50. The van der Waals surface area contributed by atoms with Crippen LogP contribution in [-0.4, -0.2) is 70.1 Å². The molecule has 1 amide bonds. The molecule has 3 aromatic rings. The molecule has 0 saturated heterocycles. The molecule has 0 radical (unpaired) electrons. The summed E-state index contributed by atoms with van der Waals surface area (Å²) in [5, 5.41) is 15.7. The molecular formula is C32H40F3N7OS. The monoisotopic (exact) mass is 627 g/mol. The lowest BCUT2D eigenvalue weighted by atomic mass is 10.0. The molecule has 0 aliphatic heterocycles. The van der Waals surface area contributed by atoms with Gasteiger partial charge < -0.3 is 25.0 Å². The van der Waals surface area contributed by atoms with E-state index < -0.39 is 17.8 Å². The van der Waals surface area contributed by atoms with Gasteiger partial charge in [-0.05, 0) is 74.5 Å². The number of nitrogens with zero attached hydrogens (tertiary/aromatic N) is 5. The zero-order chi connectivity index (χ0) is 32.3. The molecule has 2 N–H and O–H groups in total. The Kier molecular flexibility index (Phi) is 12.7. The topological polar surface area (TPSA) is 89.2 Å². The van der Waals surface area contributed by atoms with E-state index in [-0.39, 0.29) is 36.9 Å². The van der Waals surface area contributed by atoms with Crippen LogP contribution in [0.5, 0.6) is 0 Å². The summed E-state index contributed by atoms with van der Waals surface area (Å²) in [4.78, 5) is 21.2. The predicted octanol–water partition coefficient (Wildman–Crippen LogP) is 4.83. The van der Waals surface area contributed by atoms with Crippen molar-refractivity contribution in [1.29, 1.82) is 5.26 Å². The maximum absolute atomic E-state index is 13.8. The number of rotatable bonds is 14. The number of nitrogens with one attached hydrogen (secondary N) is 2. The third kappa shape index (κ3) is 10.6. The predicted molar refractivity (Wildman–Crippen MR) is 169 cm³/mol. The maximum Gasteiger partial charge on any atom is 0.416 e. The van der Waals surface area contributed by atoms with Gasteiger partial charge in [-0.3, -0.25) is 4.79 Å². The third-order valence-corrected chi connectivity index (χ3v) is 7.58. The van der Waals surface area contributed by atoms with E-state index in [4.69, 9.17) is 17.5 Å². The number of imidazole rings is 1. The van der Waals surface area contributed by atoms with Gasteiger partial charge in [0.25, 0.3) is 0 Å². The highest BCUT2D eigenvalue weighted by Crippen LogP contribution is 2.32. The Balaban J connectivity index is 1.74. The molecule has 0 saturated carbocycles. The van der Waals surface area contributed by atoms with Crippen molar-refractivity contribution >= 4 is 23.2 Å². The second kappa shape index (κ2) is 16.2. The molecule has 0 bridgehead atoms. The van der Waals surface area contributed by atoms with E-state index in [9.17, 15) is 18.0 Å². The van der Waals surface area contributed by atoms with Crippen molar-refractivity contribution in [1.82, 2.24) is 30.0 Å². The molecule has 1 aromatic heterocycles. The first-order valence-electron chi connectivity index (χ1n) is 14.5.